The summed E-state index contributed by atoms with van der Waals surface area (Å²) in [4.78, 5) is 21.6. The molecule has 0 saturated heterocycles. The molecule has 0 saturated carbocycles. The molecule has 0 fully saturated rings. The third kappa shape index (κ3) is 2.68. The Balaban J connectivity index is 2.20. The van der Waals surface area contributed by atoms with Crippen molar-refractivity contribution in [3.05, 3.63) is 46.1 Å². The SMILES string of the molecule is Cn1ccc(NC(=O)c2ccc([N+](=O)[O-])c(O)c2)n1. The Bertz CT molecular complexity index is 650. The van der Waals surface area contributed by atoms with Crippen LogP contribution >= 0.6 is 0 Å². The lowest BCUT2D eigenvalue weighted by Gasteiger charge is -2.03. The van der Waals surface area contributed by atoms with Gasteiger partial charge in [-0.25, -0.2) is 0 Å². The molecule has 0 aliphatic heterocycles. The van der Waals surface area contributed by atoms with Crippen LogP contribution in [0.3, 0.4) is 0 Å². The van der Waals surface area contributed by atoms with Crippen LogP contribution in [0.25, 0.3) is 0 Å². The number of hydrogen-bond donors (Lipinski definition) is 2. The van der Waals surface area contributed by atoms with Crippen molar-refractivity contribution in [3.8, 4) is 5.75 Å². The summed E-state index contributed by atoms with van der Waals surface area (Å²) in [5, 5.41) is 26.4. The fraction of sp³-hybridized carbons (Fsp3) is 0.0909. The number of phenols is 1. The monoisotopic (exact) mass is 262 g/mol. The number of nitro groups is 1. The molecule has 1 amide bonds. The number of nitrogens with one attached hydrogen (secondary N) is 1. The van der Waals surface area contributed by atoms with Crippen LogP contribution in [0.1, 0.15) is 10.4 Å². The van der Waals surface area contributed by atoms with E-state index in [-0.39, 0.29) is 5.56 Å². The van der Waals surface area contributed by atoms with Crippen molar-refractivity contribution >= 4 is 17.4 Å². The number of aromatic hydroxyl groups is 1. The van der Waals surface area contributed by atoms with Crippen molar-refractivity contribution in [2.75, 3.05) is 5.32 Å². The van der Waals surface area contributed by atoms with Crippen molar-refractivity contribution in [1.82, 2.24) is 9.78 Å². The number of amides is 1. The molecule has 0 atom stereocenters. The highest BCUT2D eigenvalue weighted by Gasteiger charge is 2.16. The van der Waals surface area contributed by atoms with Gasteiger partial charge in [-0.15, -0.1) is 0 Å². The Kier molecular flexibility index (Phi) is 3.15. The predicted molar refractivity (Wildman–Crippen MR) is 65.9 cm³/mol. The zero-order valence-corrected chi connectivity index (χ0v) is 9.90. The van der Waals surface area contributed by atoms with Gasteiger partial charge in [-0.1, -0.05) is 0 Å². The van der Waals surface area contributed by atoms with Gasteiger partial charge in [-0.05, 0) is 12.1 Å². The first-order valence-electron chi connectivity index (χ1n) is 5.26. The molecule has 98 valence electrons. The number of rotatable bonds is 3. The topological polar surface area (TPSA) is 110 Å². The molecule has 2 aromatic rings. The van der Waals surface area contributed by atoms with E-state index in [0.717, 1.165) is 12.1 Å². The molecule has 0 unspecified atom stereocenters. The van der Waals surface area contributed by atoms with E-state index in [1.807, 2.05) is 0 Å². The molecule has 2 N–H and O–H groups in total. The largest absolute Gasteiger partial charge is 0.502 e. The number of anilines is 1. The molecular weight excluding hydrogens is 252 g/mol. The quantitative estimate of drug-likeness (QED) is 0.639. The van der Waals surface area contributed by atoms with Gasteiger partial charge in [-0.2, -0.15) is 5.10 Å². The van der Waals surface area contributed by atoms with E-state index in [2.05, 4.69) is 10.4 Å². The first kappa shape index (κ1) is 12.6. The molecule has 8 heteroatoms. The summed E-state index contributed by atoms with van der Waals surface area (Å²) in [6, 6.07) is 4.97. The molecule has 0 aliphatic rings. The van der Waals surface area contributed by atoms with Gasteiger partial charge in [0.15, 0.2) is 11.6 Å². The minimum absolute atomic E-state index is 0.105. The summed E-state index contributed by atoms with van der Waals surface area (Å²) in [6.07, 6.45) is 1.66. The smallest absolute Gasteiger partial charge is 0.310 e. The molecule has 1 heterocycles. The van der Waals surface area contributed by atoms with Crippen LogP contribution in [0.2, 0.25) is 0 Å². The second-order valence-corrected chi connectivity index (χ2v) is 3.79. The normalized spacial score (nSPS) is 10.2. The fourth-order valence-corrected chi connectivity index (χ4v) is 1.49. The fourth-order valence-electron chi connectivity index (χ4n) is 1.49. The lowest BCUT2D eigenvalue weighted by Crippen LogP contribution is -2.12. The summed E-state index contributed by atoms with van der Waals surface area (Å²) in [7, 11) is 1.70. The first-order chi connectivity index (χ1) is 8.97. The zero-order chi connectivity index (χ0) is 14.0. The predicted octanol–water partition coefficient (Wildman–Crippen LogP) is 1.29. The number of aromatic nitrogens is 2. The number of carbonyl (C=O) groups is 1. The Hall–Kier alpha value is -2.90. The van der Waals surface area contributed by atoms with E-state index >= 15 is 0 Å². The van der Waals surface area contributed by atoms with Crippen molar-refractivity contribution in [2.24, 2.45) is 7.05 Å². The molecule has 8 nitrogen and oxygen atoms in total. The van der Waals surface area contributed by atoms with Gasteiger partial charge in [-0.3, -0.25) is 19.6 Å². The Morgan fingerprint density at radius 3 is 2.74 bits per heavy atom. The van der Waals surface area contributed by atoms with Gasteiger partial charge in [0.1, 0.15) is 0 Å². The number of aryl methyl sites for hydroxylation is 1. The zero-order valence-electron chi connectivity index (χ0n) is 9.90. The van der Waals surface area contributed by atoms with Crippen molar-refractivity contribution in [3.63, 3.8) is 0 Å². The van der Waals surface area contributed by atoms with E-state index in [1.54, 1.807) is 19.3 Å². The van der Waals surface area contributed by atoms with Crippen LogP contribution in [0.5, 0.6) is 5.75 Å². The van der Waals surface area contributed by atoms with E-state index < -0.39 is 22.3 Å². The summed E-state index contributed by atoms with van der Waals surface area (Å²) in [5.74, 6) is -0.715. The van der Waals surface area contributed by atoms with Crippen LogP contribution in [0, 0.1) is 10.1 Å². The minimum Gasteiger partial charge on any atom is -0.502 e. The molecule has 1 aromatic carbocycles. The number of phenolic OH excluding ortho intramolecular Hbond substituents is 1. The molecule has 0 radical (unpaired) electrons. The Morgan fingerprint density at radius 1 is 1.47 bits per heavy atom. The van der Waals surface area contributed by atoms with E-state index in [9.17, 15) is 20.0 Å². The minimum atomic E-state index is -0.726. The summed E-state index contributed by atoms with van der Waals surface area (Å²) in [5.41, 5.74) is -0.344. The van der Waals surface area contributed by atoms with Gasteiger partial charge in [0.2, 0.25) is 0 Å². The van der Waals surface area contributed by atoms with Crippen LogP contribution in [0.4, 0.5) is 11.5 Å². The highest BCUT2D eigenvalue weighted by Crippen LogP contribution is 2.26. The Labute approximate surface area is 107 Å². The third-order valence-corrected chi connectivity index (χ3v) is 2.39. The summed E-state index contributed by atoms with van der Waals surface area (Å²) in [6.45, 7) is 0. The Morgan fingerprint density at radius 2 is 2.21 bits per heavy atom. The van der Waals surface area contributed by atoms with Crippen LogP contribution in [-0.4, -0.2) is 25.7 Å². The van der Waals surface area contributed by atoms with Crippen molar-refractivity contribution in [2.45, 2.75) is 0 Å². The number of nitrogens with zero attached hydrogens (tertiary/aromatic N) is 3. The molecule has 2 rings (SSSR count). The average molecular weight is 262 g/mol. The third-order valence-electron chi connectivity index (χ3n) is 2.39. The van der Waals surface area contributed by atoms with Crippen molar-refractivity contribution < 1.29 is 14.8 Å². The molecule has 1 aromatic heterocycles. The van der Waals surface area contributed by atoms with Crippen LogP contribution in [-0.2, 0) is 7.05 Å². The maximum absolute atomic E-state index is 11.8. The van der Waals surface area contributed by atoms with E-state index in [4.69, 9.17) is 0 Å². The molecule has 0 bridgehead atoms. The lowest BCUT2D eigenvalue weighted by molar-refractivity contribution is -0.385. The summed E-state index contributed by atoms with van der Waals surface area (Å²) < 4.78 is 1.52. The lowest BCUT2D eigenvalue weighted by atomic mass is 10.2. The highest BCUT2D eigenvalue weighted by atomic mass is 16.6. The van der Waals surface area contributed by atoms with Crippen LogP contribution < -0.4 is 5.32 Å². The number of carbonyl (C=O) groups excluding carboxylic acids is 1. The second-order valence-electron chi connectivity index (χ2n) is 3.79. The highest BCUT2D eigenvalue weighted by molar-refractivity contribution is 6.04. The molecule has 0 aliphatic carbocycles. The van der Waals surface area contributed by atoms with Gasteiger partial charge < -0.3 is 10.4 Å². The van der Waals surface area contributed by atoms with Gasteiger partial charge >= 0.3 is 5.69 Å². The number of nitro benzene ring substituents is 1. The van der Waals surface area contributed by atoms with Crippen molar-refractivity contribution in [1.29, 1.82) is 0 Å². The number of hydrogen-bond acceptors (Lipinski definition) is 5. The second kappa shape index (κ2) is 4.77. The first-order valence-corrected chi connectivity index (χ1v) is 5.26. The van der Waals surface area contributed by atoms with Crippen LogP contribution in [0.15, 0.2) is 30.5 Å². The maximum atomic E-state index is 11.8. The average Bonchev–Trinajstić information content (AvgIpc) is 2.74. The van der Waals surface area contributed by atoms with Gasteiger partial charge in [0.05, 0.1) is 4.92 Å². The molecule has 0 spiro atoms. The standard InChI is InChI=1S/C11H10N4O4/c1-14-5-4-10(13-14)12-11(17)7-2-3-8(15(18)19)9(16)6-7/h2-6,16H,1H3,(H,12,13,17). The maximum Gasteiger partial charge on any atom is 0.310 e. The van der Waals surface area contributed by atoms with E-state index in [1.165, 1.54) is 10.7 Å². The number of benzene rings is 1. The molecular formula is C11H10N4O4. The summed E-state index contributed by atoms with van der Waals surface area (Å²) >= 11 is 0. The van der Waals surface area contributed by atoms with E-state index in [0.29, 0.717) is 5.82 Å². The van der Waals surface area contributed by atoms with Gasteiger partial charge in [0, 0.05) is 30.9 Å². The van der Waals surface area contributed by atoms with Gasteiger partial charge in [0.25, 0.3) is 5.91 Å². The molecule has 19 heavy (non-hydrogen) atoms.